The van der Waals surface area contributed by atoms with Crippen LogP contribution in [0.3, 0.4) is 0 Å². The number of rotatable bonds is 6. The van der Waals surface area contributed by atoms with Gasteiger partial charge < -0.3 is 10.1 Å². The van der Waals surface area contributed by atoms with Gasteiger partial charge in [0.05, 0.1) is 5.60 Å². The van der Waals surface area contributed by atoms with Crippen LogP contribution in [0.25, 0.3) is 0 Å². The van der Waals surface area contributed by atoms with Crippen molar-refractivity contribution < 1.29 is 4.74 Å². The lowest BCUT2D eigenvalue weighted by atomic mass is 10.00. The molecule has 2 nitrogen and oxygen atoms in total. The minimum atomic E-state index is -0.0994. The molecule has 0 heterocycles. The average molecular weight is 247 g/mol. The fourth-order valence-electron chi connectivity index (χ4n) is 2.19. The number of methoxy groups -OCH3 is 1. The highest BCUT2D eigenvalue weighted by Crippen LogP contribution is 2.41. The van der Waals surface area contributed by atoms with E-state index >= 15 is 0 Å². The van der Waals surface area contributed by atoms with Crippen molar-refractivity contribution in [3.05, 3.63) is 35.4 Å². The van der Waals surface area contributed by atoms with Gasteiger partial charge >= 0.3 is 0 Å². The quantitative estimate of drug-likeness (QED) is 0.831. The predicted octanol–water partition coefficient (Wildman–Crippen LogP) is 3.46. The van der Waals surface area contributed by atoms with Gasteiger partial charge in [0.15, 0.2) is 0 Å². The van der Waals surface area contributed by atoms with E-state index in [0.29, 0.717) is 6.04 Å². The van der Waals surface area contributed by atoms with Gasteiger partial charge in [0.2, 0.25) is 0 Å². The molecule has 2 rings (SSSR count). The van der Waals surface area contributed by atoms with Gasteiger partial charge in [-0.15, -0.1) is 0 Å². The zero-order valence-corrected chi connectivity index (χ0v) is 12.0. The number of benzene rings is 1. The van der Waals surface area contributed by atoms with E-state index in [2.05, 4.69) is 50.4 Å². The maximum absolute atomic E-state index is 5.48. The maximum Gasteiger partial charge on any atom is 0.0746 e. The highest BCUT2D eigenvalue weighted by Gasteiger charge is 2.33. The molecule has 1 fully saturated rings. The molecule has 0 bridgehead atoms. The molecule has 0 radical (unpaired) electrons. The molecule has 1 aliphatic carbocycles. The molecule has 0 aromatic heterocycles. The Labute approximate surface area is 111 Å². The highest BCUT2D eigenvalue weighted by molar-refractivity contribution is 5.25. The maximum atomic E-state index is 5.48. The molecule has 0 spiro atoms. The van der Waals surface area contributed by atoms with E-state index in [1.54, 1.807) is 7.11 Å². The van der Waals surface area contributed by atoms with E-state index in [0.717, 1.165) is 12.5 Å². The first kappa shape index (κ1) is 13.6. The second-order valence-electron chi connectivity index (χ2n) is 6.07. The molecule has 2 heteroatoms. The summed E-state index contributed by atoms with van der Waals surface area (Å²) in [6.07, 6.45) is 2.69. The van der Waals surface area contributed by atoms with Crippen LogP contribution in [0.15, 0.2) is 24.3 Å². The Hall–Kier alpha value is -0.860. The summed E-state index contributed by atoms with van der Waals surface area (Å²) in [4.78, 5) is 0. The third-order valence-electron chi connectivity index (χ3n) is 3.83. The lowest BCUT2D eigenvalue weighted by molar-refractivity contribution is 0.0204. The Morgan fingerprint density at radius 1 is 1.28 bits per heavy atom. The van der Waals surface area contributed by atoms with Gasteiger partial charge in [-0.3, -0.25) is 0 Å². The van der Waals surface area contributed by atoms with Gasteiger partial charge in [-0.25, -0.2) is 0 Å². The summed E-state index contributed by atoms with van der Waals surface area (Å²) >= 11 is 0. The molecule has 0 saturated heterocycles. The summed E-state index contributed by atoms with van der Waals surface area (Å²) in [5, 5.41) is 3.68. The lowest BCUT2D eigenvalue weighted by Gasteiger charge is -2.27. The van der Waals surface area contributed by atoms with Crippen molar-refractivity contribution in [1.29, 1.82) is 0 Å². The largest absolute Gasteiger partial charge is 0.377 e. The lowest BCUT2D eigenvalue weighted by Crippen LogP contribution is -2.39. The van der Waals surface area contributed by atoms with Crippen LogP contribution in [-0.2, 0) is 4.74 Å². The molecule has 1 atom stereocenters. The van der Waals surface area contributed by atoms with Crippen LogP contribution in [0.1, 0.15) is 43.9 Å². The molecule has 1 aliphatic rings. The Kier molecular flexibility index (Phi) is 4.08. The van der Waals surface area contributed by atoms with Gasteiger partial charge in [-0.2, -0.15) is 0 Å². The number of ether oxygens (including phenoxy) is 1. The van der Waals surface area contributed by atoms with E-state index in [9.17, 15) is 0 Å². The Balaban J connectivity index is 2.02. The molecule has 1 unspecified atom stereocenters. The smallest absolute Gasteiger partial charge is 0.0746 e. The molecule has 1 N–H and O–H groups in total. The SMILES string of the molecule is COC(C)(C)CNC(c1ccc(C)cc1)C1CC1. The first-order valence-corrected chi connectivity index (χ1v) is 6.87. The average Bonchev–Trinajstić information content (AvgIpc) is 3.16. The van der Waals surface area contributed by atoms with Crippen molar-refractivity contribution in [2.75, 3.05) is 13.7 Å². The Bertz CT molecular complexity index is 379. The van der Waals surface area contributed by atoms with Crippen molar-refractivity contribution in [3.63, 3.8) is 0 Å². The van der Waals surface area contributed by atoms with Crippen LogP contribution in [0.2, 0.25) is 0 Å². The van der Waals surface area contributed by atoms with Crippen LogP contribution in [0, 0.1) is 12.8 Å². The molecule has 0 amide bonds. The summed E-state index contributed by atoms with van der Waals surface area (Å²) in [5.41, 5.74) is 2.64. The van der Waals surface area contributed by atoms with E-state index in [-0.39, 0.29) is 5.60 Å². The number of hydrogen-bond acceptors (Lipinski definition) is 2. The summed E-state index contributed by atoms with van der Waals surface area (Å²) < 4.78 is 5.48. The predicted molar refractivity (Wildman–Crippen MR) is 75.7 cm³/mol. The number of hydrogen-bond donors (Lipinski definition) is 1. The molecule has 1 aromatic rings. The van der Waals surface area contributed by atoms with Crippen molar-refractivity contribution in [2.45, 2.75) is 45.3 Å². The highest BCUT2D eigenvalue weighted by atomic mass is 16.5. The third kappa shape index (κ3) is 3.56. The molecule has 1 saturated carbocycles. The van der Waals surface area contributed by atoms with E-state index < -0.39 is 0 Å². The van der Waals surface area contributed by atoms with Crippen molar-refractivity contribution in [1.82, 2.24) is 5.32 Å². The molecule has 100 valence electrons. The third-order valence-corrected chi connectivity index (χ3v) is 3.83. The van der Waals surface area contributed by atoms with Gasteiger partial charge in [0.1, 0.15) is 0 Å². The summed E-state index contributed by atoms with van der Waals surface area (Å²) in [6, 6.07) is 9.40. The standard InChI is InChI=1S/C16H25NO/c1-12-5-7-13(8-6-12)15(14-9-10-14)17-11-16(2,3)18-4/h5-8,14-15,17H,9-11H2,1-4H3. The molecule has 0 aliphatic heterocycles. The zero-order chi connectivity index (χ0) is 13.2. The van der Waals surface area contributed by atoms with Crippen molar-refractivity contribution >= 4 is 0 Å². The second-order valence-corrected chi connectivity index (χ2v) is 6.07. The molecular weight excluding hydrogens is 222 g/mol. The number of aryl methyl sites for hydroxylation is 1. The Morgan fingerprint density at radius 2 is 1.89 bits per heavy atom. The summed E-state index contributed by atoms with van der Waals surface area (Å²) in [7, 11) is 1.78. The van der Waals surface area contributed by atoms with Crippen LogP contribution in [0.5, 0.6) is 0 Å². The number of nitrogens with one attached hydrogen (secondary N) is 1. The second kappa shape index (κ2) is 5.41. The van der Waals surface area contributed by atoms with Gasteiger partial charge in [-0.05, 0) is 45.1 Å². The van der Waals surface area contributed by atoms with Crippen LogP contribution >= 0.6 is 0 Å². The van der Waals surface area contributed by atoms with Crippen LogP contribution < -0.4 is 5.32 Å². The minimum absolute atomic E-state index is 0.0994. The van der Waals surface area contributed by atoms with E-state index in [1.165, 1.54) is 24.0 Å². The minimum Gasteiger partial charge on any atom is -0.377 e. The van der Waals surface area contributed by atoms with Crippen LogP contribution in [-0.4, -0.2) is 19.3 Å². The fraction of sp³-hybridized carbons (Fsp3) is 0.625. The van der Waals surface area contributed by atoms with E-state index in [1.807, 2.05) is 0 Å². The zero-order valence-electron chi connectivity index (χ0n) is 12.0. The van der Waals surface area contributed by atoms with Gasteiger partial charge in [0, 0.05) is 19.7 Å². The Morgan fingerprint density at radius 3 is 2.39 bits per heavy atom. The fourth-order valence-corrected chi connectivity index (χ4v) is 2.19. The van der Waals surface area contributed by atoms with Crippen LogP contribution in [0.4, 0.5) is 0 Å². The van der Waals surface area contributed by atoms with E-state index in [4.69, 9.17) is 4.74 Å². The molecular formula is C16H25NO. The normalized spacial score (nSPS) is 17.8. The van der Waals surface area contributed by atoms with Gasteiger partial charge in [0.25, 0.3) is 0 Å². The van der Waals surface area contributed by atoms with Gasteiger partial charge in [-0.1, -0.05) is 29.8 Å². The topological polar surface area (TPSA) is 21.3 Å². The van der Waals surface area contributed by atoms with Crippen molar-refractivity contribution in [3.8, 4) is 0 Å². The molecule has 1 aromatic carbocycles. The summed E-state index contributed by atoms with van der Waals surface area (Å²) in [6.45, 7) is 7.27. The summed E-state index contributed by atoms with van der Waals surface area (Å²) in [5.74, 6) is 0.806. The first-order valence-electron chi connectivity index (χ1n) is 6.87. The molecule has 18 heavy (non-hydrogen) atoms. The monoisotopic (exact) mass is 247 g/mol. The first-order chi connectivity index (χ1) is 8.52. The van der Waals surface area contributed by atoms with Crippen molar-refractivity contribution in [2.24, 2.45) is 5.92 Å².